The number of carbonyl (C=O) groups excluding carboxylic acids is 1. The smallest absolute Gasteiger partial charge is 0.227 e. The van der Waals surface area contributed by atoms with Crippen LogP contribution in [0.25, 0.3) is 0 Å². The minimum atomic E-state index is -0.0795. The summed E-state index contributed by atoms with van der Waals surface area (Å²) in [5.74, 6) is 0.00520. The number of likely N-dealkylation sites (N-methyl/N-ethyl adjacent to an activating group) is 1. The Bertz CT molecular complexity index is 417. The highest BCUT2D eigenvalue weighted by atomic mass is 32.1. The molecule has 0 saturated carbocycles. The van der Waals surface area contributed by atoms with Crippen LogP contribution in [0.1, 0.15) is 18.7 Å². The van der Waals surface area contributed by atoms with E-state index in [1.807, 2.05) is 13.1 Å². The summed E-state index contributed by atoms with van der Waals surface area (Å²) in [4.78, 5) is 13.5. The molecule has 0 aromatic carbocycles. The molecule has 2 unspecified atom stereocenters. The van der Waals surface area contributed by atoms with Gasteiger partial charge in [-0.3, -0.25) is 4.79 Å². The lowest BCUT2D eigenvalue weighted by molar-refractivity contribution is -0.125. The van der Waals surface area contributed by atoms with Crippen LogP contribution in [0.15, 0.2) is 17.5 Å². The summed E-state index contributed by atoms with van der Waals surface area (Å²) >= 11 is 1.73. The van der Waals surface area contributed by atoms with Crippen molar-refractivity contribution >= 4 is 17.2 Å². The van der Waals surface area contributed by atoms with E-state index >= 15 is 0 Å². The first-order chi connectivity index (χ1) is 9.04. The molecule has 1 aromatic heterocycles. The Morgan fingerprint density at radius 2 is 2.32 bits per heavy atom. The summed E-state index contributed by atoms with van der Waals surface area (Å²) in [5.41, 5.74) is -0.0293. The third-order valence-electron chi connectivity index (χ3n) is 3.68. The first kappa shape index (κ1) is 14.5. The van der Waals surface area contributed by atoms with Gasteiger partial charge >= 0.3 is 0 Å². The first-order valence-electron chi connectivity index (χ1n) is 6.61. The number of amides is 1. The van der Waals surface area contributed by atoms with Crippen molar-refractivity contribution in [3.8, 4) is 0 Å². The molecule has 1 amide bonds. The highest BCUT2D eigenvalue weighted by Crippen LogP contribution is 2.26. The molecular weight excluding hydrogens is 260 g/mol. The number of ether oxygens (including phenoxy) is 1. The van der Waals surface area contributed by atoms with Crippen LogP contribution in [0.3, 0.4) is 0 Å². The molecule has 106 valence electrons. The average molecular weight is 282 g/mol. The zero-order valence-electron chi connectivity index (χ0n) is 11.7. The minimum Gasteiger partial charge on any atom is -0.379 e. The van der Waals surface area contributed by atoms with Crippen LogP contribution in [0.4, 0.5) is 0 Å². The highest BCUT2D eigenvalue weighted by Gasteiger charge is 2.33. The maximum Gasteiger partial charge on any atom is 0.227 e. The lowest BCUT2D eigenvalue weighted by Gasteiger charge is -2.25. The van der Waals surface area contributed by atoms with Gasteiger partial charge in [0.2, 0.25) is 5.91 Å². The molecular formula is C14H22N2O2S. The number of hydrogen-bond donors (Lipinski definition) is 2. The van der Waals surface area contributed by atoms with E-state index < -0.39 is 0 Å². The largest absolute Gasteiger partial charge is 0.379 e. The molecule has 1 aliphatic heterocycles. The second-order valence-corrected chi connectivity index (χ2v) is 6.57. The lowest BCUT2D eigenvalue weighted by Crippen LogP contribution is -2.45. The molecule has 2 N–H and O–H groups in total. The number of nitrogens with one attached hydrogen (secondary N) is 2. The summed E-state index contributed by atoms with van der Waals surface area (Å²) in [5, 5.41) is 8.27. The highest BCUT2D eigenvalue weighted by molar-refractivity contribution is 7.10. The first-order valence-corrected chi connectivity index (χ1v) is 7.49. The molecule has 2 heterocycles. The maximum absolute atomic E-state index is 12.2. The molecule has 0 radical (unpaired) electrons. The van der Waals surface area contributed by atoms with E-state index in [-0.39, 0.29) is 23.3 Å². The Kier molecular flexibility index (Phi) is 4.60. The number of hydrogen-bond acceptors (Lipinski definition) is 4. The zero-order valence-corrected chi connectivity index (χ0v) is 12.5. The molecule has 19 heavy (non-hydrogen) atoms. The van der Waals surface area contributed by atoms with Crippen LogP contribution >= 0.6 is 11.3 Å². The molecule has 1 saturated heterocycles. The third kappa shape index (κ3) is 3.35. The standard InChI is InChI=1S/C14H22N2O2S/c1-14(2,12-5-4-6-19-12)9-16-13(17)10-7-18-8-11(10)15-3/h4-6,10-11,15H,7-9H2,1-3H3,(H,16,17). The van der Waals surface area contributed by atoms with Gasteiger partial charge < -0.3 is 15.4 Å². The van der Waals surface area contributed by atoms with Crippen molar-refractivity contribution in [2.75, 3.05) is 26.8 Å². The van der Waals surface area contributed by atoms with Crippen molar-refractivity contribution in [3.63, 3.8) is 0 Å². The van der Waals surface area contributed by atoms with Crippen LogP contribution < -0.4 is 10.6 Å². The van der Waals surface area contributed by atoms with Crippen molar-refractivity contribution in [2.24, 2.45) is 5.92 Å². The maximum atomic E-state index is 12.2. The second kappa shape index (κ2) is 6.03. The van der Waals surface area contributed by atoms with Crippen LogP contribution in [0.5, 0.6) is 0 Å². The van der Waals surface area contributed by atoms with E-state index in [2.05, 4.69) is 35.9 Å². The molecule has 1 aromatic rings. The van der Waals surface area contributed by atoms with Gasteiger partial charge in [0.1, 0.15) is 0 Å². The zero-order chi connectivity index (χ0) is 13.9. The summed E-state index contributed by atoms with van der Waals surface area (Å²) in [6.07, 6.45) is 0. The van der Waals surface area contributed by atoms with Gasteiger partial charge in [-0.1, -0.05) is 19.9 Å². The van der Waals surface area contributed by atoms with Crippen LogP contribution in [-0.4, -0.2) is 38.8 Å². The Morgan fingerprint density at radius 1 is 1.53 bits per heavy atom. The average Bonchev–Trinajstić information content (AvgIpc) is 3.06. The fraction of sp³-hybridized carbons (Fsp3) is 0.643. The molecule has 5 heteroatoms. The van der Waals surface area contributed by atoms with Gasteiger partial charge in [-0.25, -0.2) is 0 Å². The molecule has 2 atom stereocenters. The Hall–Kier alpha value is -0.910. The quantitative estimate of drug-likeness (QED) is 0.858. The van der Waals surface area contributed by atoms with Gasteiger partial charge in [0.05, 0.1) is 19.1 Å². The summed E-state index contributed by atoms with van der Waals surface area (Å²) in [7, 11) is 1.87. The Labute approximate surface area is 118 Å². The number of thiophene rings is 1. The summed E-state index contributed by atoms with van der Waals surface area (Å²) in [6.45, 7) is 6.08. The van der Waals surface area contributed by atoms with Crippen molar-refractivity contribution in [3.05, 3.63) is 22.4 Å². The van der Waals surface area contributed by atoms with Crippen molar-refractivity contribution in [2.45, 2.75) is 25.3 Å². The summed E-state index contributed by atoms with van der Waals surface area (Å²) in [6, 6.07) is 4.29. The Morgan fingerprint density at radius 3 is 2.95 bits per heavy atom. The molecule has 0 spiro atoms. The van der Waals surface area contributed by atoms with E-state index in [1.165, 1.54) is 4.88 Å². The number of carbonyl (C=O) groups is 1. The van der Waals surface area contributed by atoms with Gasteiger partial charge in [-0.2, -0.15) is 0 Å². The monoisotopic (exact) mass is 282 g/mol. The van der Waals surface area contributed by atoms with Gasteiger partial charge in [0.15, 0.2) is 0 Å². The Balaban J connectivity index is 1.90. The SMILES string of the molecule is CNC1COCC1C(=O)NCC(C)(C)c1cccs1. The van der Waals surface area contributed by atoms with Crippen LogP contribution in [0.2, 0.25) is 0 Å². The van der Waals surface area contributed by atoms with E-state index in [9.17, 15) is 4.79 Å². The fourth-order valence-corrected chi connectivity index (χ4v) is 3.14. The van der Waals surface area contributed by atoms with Crippen molar-refractivity contribution in [1.82, 2.24) is 10.6 Å². The van der Waals surface area contributed by atoms with Gasteiger partial charge in [-0.15, -0.1) is 11.3 Å². The van der Waals surface area contributed by atoms with Gasteiger partial charge in [0.25, 0.3) is 0 Å². The molecule has 1 fully saturated rings. The van der Waals surface area contributed by atoms with Gasteiger partial charge in [-0.05, 0) is 18.5 Å². The van der Waals surface area contributed by atoms with E-state index in [0.29, 0.717) is 19.8 Å². The van der Waals surface area contributed by atoms with Crippen LogP contribution in [0, 0.1) is 5.92 Å². The predicted octanol–water partition coefficient (Wildman–Crippen LogP) is 1.38. The molecule has 4 nitrogen and oxygen atoms in total. The molecule has 0 bridgehead atoms. The molecule has 2 rings (SSSR count). The van der Waals surface area contributed by atoms with E-state index in [4.69, 9.17) is 4.74 Å². The normalized spacial score (nSPS) is 23.5. The van der Waals surface area contributed by atoms with E-state index in [0.717, 1.165) is 0 Å². The van der Waals surface area contributed by atoms with Crippen molar-refractivity contribution < 1.29 is 9.53 Å². The minimum absolute atomic E-state index is 0.0293. The molecule has 1 aliphatic rings. The topological polar surface area (TPSA) is 50.4 Å². The lowest BCUT2D eigenvalue weighted by atomic mass is 9.91. The fourth-order valence-electron chi connectivity index (χ4n) is 2.29. The molecule has 0 aliphatic carbocycles. The van der Waals surface area contributed by atoms with Crippen molar-refractivity contribution in [1.29, 1.82) is 0 Å². The second-order valence-electron chi connectivity index (χ2n) is 5.62. The summed E-state index contributed by atoms with van der Waals surface area (Å²) < 4.78 is 5.36. The predicted molar refractivity (Wildman–Crippen MR) is 77.5 cm³/mol. The van der Waals surface area contributed by atoms with E-state index in [1.54, 1.807) is 11.3 Å². The van der Waals surface area contributed by atoms with Crippen LogP contribution in [-0.2, 0) is 14.9 Å². The number of rotatable bonds is 5. The van der Waals surface area contributed by atoms with Gasteiger partial charge in [0, 0.05) is 22.9 Å². The third-order valence-corrected chi connectivity index (χ3v) is 4.92.